The lowest BCUT2D eigenvalue weighted by Gasteiger charge is -2.17. The number of benzene rings is 1. The highest BCUT2D eigenvalue weighted by atomic mass is 16.4. The molecule has 0 spiro atoms. The van der Waals surface area contributed by atoms with Gasteiger partial charge in [0.25, 0.3) is 0 Å². The van der Waals surface area contributed by atoms with E-state index in [9.17, 15) is 4.79 Å². The van der Waals surface area contributed by atoms with Crippen LogP contribution in [0.3, 0.4) is 0 Å². The Labute approximate surface area is 124 Å². The van der Waals surface area contributed by atoms with Gasteiger partial charge in [0.2, 0.25) is 0 Å². The van der Waals surface area contributed by atoms with E-state index < -0.39 is 12.0 Å². The molecule has 1 unspecified atom stereocenters. The van der Waals surface area contributed by atoms with Crippen LogP contribution in [0.2, 0.25) is 0 Å². The van der Waals surface area contributed by atoms with E-state index in [-0.39, 0.29) is 5.92 Å². The van der Waals surface area contributed by atoms with E-state index in [0.29, 0.717) is 12.4 Å². The van der Waals surface area contributed by atoms with Gasteiger partial charge < -0.3 is 5.11 Å². The van der Waals surface area contributed by atoms with Crippen molar-refractivity contribution in [2.24, 2.45) is 5.92 Å². The number of aromatic nitrogens is 2. The highest BCUT2D eigenvalue weighted by molar-refractivity contribution is 5.73. The Morgan fingerprint density at radius 1 is 1.19 bits per heavy atom. The lowest BCUT2D eigenvalue weighted by atomic mass is 10.0. The molecule has 1 heterocycles. The van der Waals surface area contributed by atoms with Crippen LogP contribution in [0.5, 0.6) is 0 Å². The van der Waals surface area contributed by atoms with Gasteiger partial charge in [-0.2, -0.15) is 0 Å². The number of nitrogens with one attached hydrogen (secondary N) is 1. The fraction of sp³-hybridized carbons (Fsp3) is 0.312. The standard InChI is InChI=1S/C16H19N3O2/c1-11(2)14(16(20)21)17-8-12-9-18-15(19-10-12)13-6-4-3-5-7-13/h3-7,9-11,14,17H,8H2,1-2H3,(H,20,21). The predicted octanol–water partition coefficient (Wildman–Crippen LogP) is 2.34. The monoisotopic (exact) mass is 285 g/mol. The molecular weight excluding hydrogens is 266 g/mol. The Kier molecular flexibility index (Phi) is 5.00. The SMILES string of the molecule is CC(C)C(NCc1cnc(-c2ccccc2)nc1)C(=O)O. The Morgan fingerprint density at radius 2 is 1.81 bits per heavy atom. The maximum Gasteiger partial charge on any atom is 0.320 e. The van der Waals surface area contributed by atoms with Crippen molar-refractivity contribution in [1.82, 2.24) is 15.3 Å². The molecule has 2 rings (SSSR count). The zero-order valence-corrected chi connectivity index (χ0v) is 12.2. The van der Waals surface area contributed by atoms with Crippen LogP contribution < -0.4 is 5.32 Å². The minimum absolute atomic E-state index is 0.0204. The first-order valence-electron chi connectivity index (χ1n) is 6.90. The van der Waals surface area contributed by atoms with Crippen LogP contribution in [0.1, 0.15) is 19.4 Å². The molecule has 0 fully saturated rings. The van der Waals surface area contributed by atoms with Gasteiger partial charge in [0.1, 0.15) is 6.04 Å². The number of hydrogen-bond acceptors (Lipinski definition) is 4. The largest absolute Gasteiger partial charge is 0.480 e. The van der Waals surface area contributed by atoms with Gasteiger partial charge in [0.05, 0.1) is 0 Å². The van der Waals surface area contributed by atoms with Gasteiger partial charge in [-0.05, 0) is 5.92 Å². The van der Waals surface area contributed by atoms with Crippen LogP contribution in [-0.4, -0.2) is 27.1 Å². The molecule has 0 amide bonds. The summed E-state index contributed by atoms with van der Waals surface area (Å²) in [5.41, 5.74) is 1.82. The summed E-state index contributed by atoms with van der Waals surface area (Å²) in [7, 11) is 0. The number of aliphatic carboxylic acids is 1. The smallest absolute Gasteiger partial charge is 0.320 e. The quantitative estimate of drug-likeness (QED) is 0.852. The van der Waals surface area contributed by atoms with E-state index in [2.05, 4.69) is 15.3 Å². The van der Waals surface area contributed by atoms with Gasteiger partial charge in [0, 0.05) is 30.1 Å². The maximum atomic E-state index is 11.1. The molecule has 1 aromatic heterocycles. The number of rotatable bonds is 6. The van der Waals surface area contributed by atoms with Gasteiger partial charge in [-0.1, -0.05) is 44.2 Å². The normalized spacial score (nSPS) is 12.3. The molecule has 0 radical (unpaired) electrons. The second kappa shape index (κ2) is 6.95. The van der Waals surface area contributed by atoms with E-state index >= 15 is 0 Å². The zero-order valence-electron chi connectivity index (χ0n) is 12.2. The Balaban J connectivity index is 2.01. The van der Waals surface area contributed by atoms with Crippen LogP contribution in [0, 0.1) is 5.92 Å². The third-order valence-corrected chi connectivity index (χ3v) is 3.20. The first-order chi connectivity index (χ1) is 10.1. The molecule has 0 bridgehead atoms. The minimum atomic E-state index is -0.841. The summed E-state index contributed by atoms with van der Waals surface area (Å²) in [6.07, 6.45) is 3.45. The number of carboxylic acid groups (broad SMARTS) is 1. The first kappa shape index (κ1) is 15.1. The fourth-order valence-electron chi connectivity index (χ4n) is 2.02. The number of carboxylic acids is 1. The van der Waals surface area contributed by atoms with Crippen molar-refractivity contribution in [1.29, 1.82) is 0 Å². The van der Waals surface area contributed by atoms with Crippen LogP contribution in [-0.2, 0) is 11.3 Å². The van der Waals surface area contributed by atoms with Crippen molar-refractivity contribution in [3.05, 3.63) is 48.3 Å². The summed E-state index contributed by atoms with van der Waals surface area (Å²) in [5.74, 6) is -0.156. The van der Waals surface area contributed by atoms with E-state index in [1.165, 1.54) is 0 Å². The Hall–Kier alpha value is -2.27. The molecule has 0 aliphatic carbocycles. The average Bonchev–Trinajstić information content (AvgIpc) is 2.48. The van der Waals surface area contributed by atoms with E-state index in [0.717, 1.165) is 11.1 Å². The fourth-order valence-corrected chi connectivity index (χ4v) is 2.02. The molecule has 21 heavy (non-hydrogen) atoms. The van der Waals surface area contributed by atoms with Crippen LogP contribution in [0.4, 0.5) is 0 Å². The molecule has 5 nitrogen and oxygen atoms in total. The highest BCUT2D eigenvalue weighted by Gasteiger charge is 2.20. The third-order valence-electron chi connectivity index (χ3n) is 3.20. The van der Waals surface area contributed by atoms with Crippen LogP contribution in [0.25, 0.3) is 11.4 Å². The molecule has 0 saturated heterocycles. The van der Waals surface area contributed by atoms with Crippen LogP contribution in [0.15, 0.2) is 42.7 Å². The second-order valence-electron chi connectivity index (χ2n) is 5.22. The summed E-state index contributed by atoms with van der Waals surface area (Å²) in [4.78, 5) is 19.7. The predicted molar refractivity (Wildman–Crippen MR) is 80.6 cm³/mol. The van der Waals surface area contributed by atoms with Crippen molar-refractivity contribution in [3.63, 3.8) is 0 Å². The molecule has 1 atom stereocenters. The number of carbonyl (C=O) groups is 1. The lowest BCUT2D eigenvalue weighted by molar-refractivity contribution is -0.140. The summed E-state index contributed by atoms with van der Waals surface area (Å²) in [6.45, 7) is 4.19. The Morgan fingerprint density at radius 3 is 2.33 bits per heavy atom. The average molecular weight is 285 g/mol. The summed E-state index contributed by atoms with van der Waals surface area (Å²) < 4.78 is 0. The molecule has 2 aromatic rings. The highest BCUT2D eigenvalue weighted by Crippen LogP contribution is 2.13. The minimum Gasteiger partial charge on any atom is -0.480 e. The summed E-state index contributed by atoms with van der Waals surface area (Å²) >= 11 is 0. The molecule has 110 valence electrons. The third kappa shape index (κ3) is 4.10. The molecule has 0 aliphatic rings. The van der Waals surface area contributed by atoms with Gasteiger partial charge in [-0.25, -0.2) is 9.97 Å². The lowest BCUT2D eigenvalue weighted by Crippen LogP contribution is -2.40. The van der Waals surface area contributed by atoms with Crippen LogP contribution >= 0.6 is 0 Å². The summed E-state index contributed by atoms with van der Waals surface area (Å²) in [6, 6.07) is 9.15. The zero-order chi connectivity index (χ0) is 15.2. The number of nitrogens with zero attached hydrogens (tertiary/aromatic N) is 2. The van der Waals surface area contributed by atoms with E-state index in [1.807, 2.05) is 44.2 Å². The van der Waals surface area contributed by atoms with Gasteiger partial charge >= 0.3 is 5.97 Å². The molecule has 0 aliphatic heterocycles. The summed E-state index contributed by atoms with van der Waals surface area (Å²) in [5, 5.41) is 12.1. The van der Waals surface area contributed by atoms with Gasteiger partial charge in [-0.3, -0.25) is 10.1 Å². The van der Waals surface area contributed by atoms with Crippen molar-refractivity contribution in [3.8, 4) is 11.4 Å². The van der Waals surface area contributed by atoms with Crippen molar-refractivity contribution < 1.29 is 9.90 Å². The van der Waals surface area contributed by atoms with Crippen molar-refractivity contribution >= 4 is 5.97 Å². The van der Waals surface area contributed by atoms with Crippen molar-refractivity contribution in [2.75, 3.05) is 0 Å². The van der Waals surface area contributed by atoms with Gasteiger partial charge in [0.15, 0.2) is 5.82 Å². The van der Waals surface area contributed by atoms with Gasteiger partial charge in [-0.15, -0.1) is 0 Å². The maximum absolute atomic E-state index is 11.1. The van der Waals surface area contributed by atoms with E-state index in [4.69, 9.17) is 5.11 Å². The molecular formula is C16H19N3O2. The van der Waals surface area contributed by atoms with E-state index in [1.54, 1.807) is 12.4 Å². The number of hydrogen-bond donors (Lipinski definition) is 2. The topological polar surface area (TPSA) is 75.1 Å². The van der Waals surface area contributed by atoms with Crippen molar-refractivity contribution in [2.45, 2.75) is 26.4 Å². The second-order valence-corrected chi connectivity index (χ2v) is 5.22. The Bertz CT molecular complexity index is 582. The molecule has 2 N–H and O–H groups in total. The first-order valence-corrected chi connectivity index (χ1v) is 6.90. The molecule has 5 heteroatoms. The molecule has 1 aromatic carbocycles. The molecule has 0 saturated carbocycles.